The van der Waals surface area contributed by atoms with Crippen LogP contribution in [0.25, 0.3) is 10.9 Å². The zero-order valence-corrected chi connectivity index (χ0v) is 21.4. The number of sulfonamides is 1. The zero-order chi connectivity index (χ0) is 24.1. The summed E-state index contributed by atoms with van der Waals surface area (Å²) in [5.41, 5.74) is 1.03. The van der Waals surface area contributed by atoms with Gasteiger partial charge in [0.05, 0.1) is 10.8 Å². The van der Waals surface area contributed by atoms with E-state index in [0.717, 1.165) is 69.6 Å². The maximum Gasteiger partial charge on any atom is 0.243 e. The van der Waals surface area contributed by atoms with Gasteiger partial charge in [0.15, 0.2) is 0 Å². The molecule has 2 aromatic rings. The molecule has 0 unspecified atom stereocenters. The van der Waals surface area contributed by atoms with E-state index in [1.54, 1.807) is 12.1 Å². The molecule has 2 saturated heterocycles. The number of piperidine rings is 1. The van der Waals surface area contributed by atoms with Crippen molar-refractivity contribution >= 4 is 26.8 Å². The minimum absolute atomic E-state index is 0.0221. The quantitative estimate of drug-likeness (QED) is 0.547. The first-order chi connectivity index (χ1) is 16.4. The Balaban J connectivity index is 1.28. The highest BCUT2D eigenvalue weighted by Crippen LogP contribution is 2.27. The molecule has 0 bridgehead atoms. The zero-order valence-electron chi connectivity index (χ0n) is 20.6. The Labute approximate surface area is 203 Å². The summed E-state index contributed by atoms with van der Waals surface area (Å²) in [5, 5.41) is 3.98. The van der Waals surface area contributed by atoms with Crippen LogP contribution in [0.4, 0.5) is 0 Å². The third kappa shape index (κ3) is 5.64. The number of piperazine rings is 1. The molecule has 1 aromatic carbocycles. The largest absolute Gasteiger partial charge is 0.356 e. The molecule has 1 N–H and O–H groups in total. The van der Waals surface area contributed by atoms with Crippen molar-refractivity contribution in [3.63, 3.8) is 0 Å². The van der Waals surface area contributed by atoms with E-state index in [1.807, 2.05) is 18.3 Å². The number of carbonyl (C=O) groups is 1. The van der Waals surface area contributed by atoms with Gasteiger partial charge >= 0.3 is 0 Å². The Morgan fingerprint density at radius 1 is 1.03 bits per heavy atom. The van der Waals surface area contributed by atoms with Crippen LogP contribution in [0.1, 0.15) is 33.1 Å². The van der Waals surface area contributed by atoms with E-state index in [4.69, 9.17) is 0 Å². The summed E-state index contributed by atoms with van der Waals surface area (Å²) in [4.78, 5) is 18.0. The SMILES string of the molecule is CCN1CCN(CCCNC(=O)[C@@H]2CCCN(S(=O)(=O)c3ccc4c(ccn4CC)c3)C2)CC1. The fourth-order valence-corrected chi connectivity index (χ4v) is 6.69. The Morgan fingerprint density at radius 3 is 2.53 bits per heavy atom. The number of hydrogen-bond acceptors (Lipinski definition) is 5. The lowest BCUT2D eigenvalue weighted by atomic mass is 9.99. The topological polar surface area (TPSA) is 77.9 Å². The first-order valence-electron chi connectivity index (χ1n) is 12.7. The van der Waals surface area contributed by atoms with Crippen molar-refractivity contribution in [1.82, 2.24) is 24.0 Å². The van der Waals surface area contributed by atoms with Gasteiger partial charge in [-0.1, -0.05) is 6.92 Å². The van der Waals surface area contributed by atoms with Gasteiger partial charge in [0.1, 0.15) is 0 Å². The third-order valence-corrected chi connectivity index (χ3v) is 9.20. The monoisotopic (exact) mass is 489 g/mol. The van der Waals surface area contributed by atoms with E-state index in [1.165, 1.54) is 4.31 Å². The summed E-state index contributed by atoms with van der Waals surface area (Å²) < 4.78 is 30.3. The molecule has 0 saturated carbocycles. The van der Waals surface area contributed by atoms with E-state index >= 15 is 0 Å². The van der Waals surface area contributed by atoms with Crippen molar-refractivity contribution in [1.29, 1.82) is 0 Å². The number of nitrogens with one attached hydrogen (secondary N) is 1. The highest BCUT2D eigenvalue weighted by Gasteiger charge is 2.33. The van der Waals surface area contributed by atoms with Crippen LogP contribution < -0.4 is 5.32 Å². The fraction of sp³-hybridized carbons (Fsp3) is 0.640. The number of aryl methyl sites for hydroxylation is 1. The van der Waals surface area contributed by atoms with Crippen molar-refractivity contribution in [2.75, 3.05) is 58.9 Å². The van der Waals surface area contributed by atoms with Gasteiger partial charge < -0.3 is 19.7 Å². The van der Waals surface area contributed by atoms with Gasteiger partial charge in [-0.3, -0.25) is 4.79 Å². The van der Waals surface area contributed by atoms with Crippen LogP contribution in [0.2, 0.25) is 0 Å². The van der Waals surface area contributed by atoms with Gasteiger partial charge in [-0.25, -0.2) is 8.42 Å². The molecule has 4 rings (SSSR count). The maximum atomic E-state index is 13.3. The Morgan fingerprint density at radius 2 is 1.79 bits per heavy atom. The molecule has 3 heterocycles. The number of hydrogen-bond donors (Lipinski definition) is 1. The average Bonchev–Trinajstić information content (AvgIpc) is 3.29. The molecule has 0 spiro atoms. The van der Waals surface area contributed by atoms with Gasteiger partial charge in [0.2, 0.25) is 15.9 Å². The number of nitrogens with zero attached hydrogens (tertiary/aromatic N) is 4. The number of aromatic nitrogens is 1. The van der Waals surface area contributed by atoms with Crippen molar-refractivity contribution in [3.8, 4) is 0 Å². The number of likely N-dealkylation sites (N-methyl/N-ethyl adjacent to an activating group) is 1. The molecule has 2 aliphatic heterocycles. The Bertz CT molecular complexity index is 1080. The molecule has 1 amide bonds. The molecule has 34 heavy (non-hydrogen) atoms. The lowest BCUT2D eigenvalue weighted by Crippen LogP contribution is -2.47. The highest BCUT2D eigenvalue weighted by atomic mass is 32.2. The van der Waals surface area contributed by atoms with E-state index < -0.39 is 10.0 Å². The number of amides is 1. The van der Waals surface area contributed by atoms with E-state index in [-0.39, 0.29) is 18.4 Å². The number of fused-ring (bicyclic) bond motifs is 1. The van der Waals surface area contributed by atoms with Gasteiger partial charge in [0, 0.05) is 69.5 Å². The van der Waals surface area contributed by atoms with E-state index in [2.05, 4.69) is 33.5 Å². The molecular weight excluding hydrogens is 450 g/mol. The minimum Gasteiger partial charge on any atom is -0.356 e. The summed E-state index contributed by atoms with van der Waals surface area (Å²) in [6, 6.07) is 7.27. The molecule has 8 nitrogen and oxygen atoms in total. The Kier molecular flexibility index (Phi) is 8.29. The molecule has 2 aliphatic rings. The fourth-order valence-electron chi connectivity index (χ4n) is 5.13. The molecule has 2 fully saturated rings. The van der Waals surface area contributed by atoms with Crippen LogP contribution in [-0.2, 0) is 21.4 Å². The van der Waals surface area contributed by atoms with Crippen LogP contribution in [0.5, 0.6) is 0 Å². The third-order valence-electron chi connectivity index (χ3n) is 7.34. The molecule has 1 atom stereocenters. The second kappa shape index (κ2) is 11.2. The maximum absolute atomic E-state index is 13.3. The summed E-state index contributed by atoms with van der Waals surface area (Å²) in [6.07, 6.45) is 4.33. The van der Waals surface area contributed by atoms with Gasteiger partial charge in [-0.15, -0.1) is 0 Å². The van der Waals surface area contributed by atoms with Crippen LogP contribution in [0.3, 0.4) is 0 Å². The first kappa shape index (κ1) is 25.2. The van der Waals surface area contributed by atoms with Crippen molar-refractivity contribution in [2.45, 2.75) is 44.6 Å². The molecule has 188 valence electrons. The first-order valence-corrected chi connectivity index (χ1v) is 14.2. The summed E-state index contributed by atoms with van der Waals surface area (Å²) in [6.45, 7) is 13.0. The number of rotatable bonds is 9. The minimum atomic E-state index is -3.63. The number of benzene rings is 1. The normalized spacial score (nSPS) is 21.2. The van der Waals surface area contributed by atoms with Crippen LogP contribution in [0.15, 0.2) is 35.4 Å². The van der Waals surface area contributed by atoms with Crippen molar-refractivity contribution in [2.24, 2.45) is 5.92 Å². The highest BCUT2D eigenvalue weighted by molar-refractivity contribution is 7.89. The molecule has 0 aliphatic carbocycles. The summed E-state index contributed by atoms with van der Waals surface area (Å²) >= 11 is 0. The summed E-state index contributed by atoms with van der Waals surface area (Å²) in [5.74, 6) is -0.312. The molecule has 9 heteroatoms. The Hall–Kier alpha value is -1.94. The molecule has 0 radical (unpaired) electrons. The lowest BCUT2D eigenvalue weighted by molar-refractivity contribution is -0.126. The van der Waals surface area contributed by atoms with Gasteiger partial charge in [0.25, 0.3) is 0 Å². The van der Waals surface area contributed by atoms with Gasteiger partial charge in [-0.2, -0.15) is 4.31 Å². The van der Waals surface area contributed by atoms with E-state index in [9.17, 15) is 13.2 Å². The average molecular weight is 490 g/mol. The van der Waals surface area contributed by atoms with Crippen molar-refractivity contribution < 1.29 is 13.2 Å². The van der Waals surface area contributed by atoms with Crippen LogP contribution in [0, 0.1) is 5.92 Å². The predicted molar refractivity (Wildman–Crippen MR) is 135 cm³/mol. The second-order valence-corrected chi connectivity index (χ2v) is 11.4. The van der Waals surface area contributed by atoms with Crippen molar-refractivity contribution in [3.05, 3.63) is 30.5 Å². The second-order valence-electron chi connectivity index (χ2n) is 9.45. The standard InChI is InChI=1S/C25H39N5O3S/c1-3-27-15-17-28(18-16-27)12-6-11-26-25(31)22-7-5-13-30(20-22)34(32,33)23-8-9-24-21(19-23)10-14-29(24)4-2/h8-10,14,19,22H,3-7,11-13,15-18,20H2,1-2H3,(H,26,31)/t22-/m1/s1. The number of carbonyl (C=O) groups excluding carboxylic acids is 1. The molecule has 1 aromatic heterocycles. The van der Waals surface area contributed by atoms with Crippen LogP contribution >= 0.6 is 0 Å². The summed E-state index contributed by atoms with van der Waals surface area (Å²) in [7, 11) is -3.63. The van der Waals surface area contributed by atoms with Crippen LogP contribution in [-0.4, -0.2) is 91.9 Å². The predicted octanol–water partition coefficient (Wildman–Crippen LogP) is 2.21. The van der Waals surface area contributed by atoms with E-state index in [0.29, 0.717) is 24.4 Å². The molecular formula is C25H39N5O3S. The lowest BCUT2D eigenvalue weighted by Gasteiger charge is -2.34. The smallest absolute Gasteiger partial charge is 0.243 e. The van der Waals surface area contributed by atoms with Gasteiger partial charge in [-0.05, 0) is 63.5 Å².